The number of benzene rings is 1. The van der Waals surface area contributed by atoms with Gasteiger partial charge in [0.25, 0.3) is 0 Å². The first-order valence-electron chi connectivity index (χ1n) is 5.93. The summed E-state index contributed by atoms with van der Waals surface area (Å²) in [6.45, 7) is 3.71. The van der Waals surface area contributed by atoms with Gasteiger partial charge >= 0.3 is 0 Å². The van der Waals surface area contributed by atoms with E-state index in [1.165, 1.54) is 0 Å². The van der Waals surface area contributed by atoms with Gasteiger partial charge in [-0.2, -0.15) is 5.10 Å². The van der Waals surface area contributed by atoms with E-state index in [9.17, 15) is 4.79 Å². The fraction of sp³-hybridized carbons (Fsp3) is 0.231. The molecule has 1 aromatic heterocycles. The number of amides is 1. The van der Waals surface area contributed by atoms with Crippen molar-refractivity contribution in [3.63, 3.8) is 0 Å². The molecule has 5 nitrogen and oxygen atoms in total. The van der Waals surface area contributed by atoms with Crippen molar-refractivity contribution in [1.82, 2.24) is 9.78 Å². The molecule has 20 heavy (non-hydrogen) atoms. The van der Waals surface area contributed by atoms with Gasteiger partial charge in [0.1, 0.15) is 6.54 Å². The molecule has 0 saturated carbocycles. The predicted molar refractivity (Wildman–Crippen MR) is 81.2 cm³/mol. The Kier molecular flexibility index (Phi) is 4.20. The fourth-order valence-corrected chi connectivity index (χ4v) is 2.07. The highest BCUT2D eigenvalue weighted by Crippen LogP contribution is 2.25. The van der Waals surface area contributed by atoms with Crippen LogP contribution in [0.2, 0.25) is 10.0 Å². The van der Waals surface area contributed by atoms with Crippen LogP contribution in [-0.4, -0.2) is 15.7 Å². The van der Waals surface area contributed by atoms with E-state index >= 15 is 0 Å². The van der Waals surface area contributed by atoms with Crippen LogP contribution in [0.25, 0.3) is 0 Å². The molecule has 0 atom stereocenters. The highest BCUT2D eigenvalue weighted by molar-refractivity contribution is 6.42. The molecule has 0 saturated heterocycles. The molecule has 0 aliphatic heterocycles. The third-order valence-corrected chi connectivity index (χ3v) is 3.67. The van der Waals surface area contributed by atoms with E-state index in [4.69, 9.17) is 28.9 Å². The topological polar surface area (TPSA) is 72.9 Å². The van der Waals surface area contributed by atoms with Crippen molar-refractivity contribution < 1.29 is 4.79 Å². The van der Waals surface area contributed by atoms with Crippen molar-refractivity contribution in [3.8, 4) is 0 Å². The zero-order chi connectivity index (χ0) is 14.9. The minimum Gasteiger partial charge on any atom is -0.396 e. The number of anilines is 2. The van der Waals surface area contributed by atoms with Crippen LogP contribution >= 0.6 is 23.2 Å². The van der Waals surface area contributed by atoms with Crippen molar-refractivity contribution >= 4 is 40.5 Å². The van der Waals surface area contributed by atoms with Gasteiger partial charge in [0.2, 0.25) is 5.91 Å². The average Bonchev–Trinajstić information content (AvgIpc) is 2.61. The lowest BCUT2D eigenvalue weighted by atomic mass is 10.3. The van der Waals surface area contributed by atoms with E-state index in [2.05, 4.69) is 10.4 Å². The smallest absolute Gasteiger partial charge is 0.246 e. The third-order valence-electron chi connectivity index (χ3n) is 2.93. The SMILES string of the molecule is Cc1nn(CC(=O)Nc2ccc(Cl)c(Cl)c2)c(C)c1N. The number of rotatable bonds is 3. The lowest BCUT2D eigenvalue weighted by molar-refractivity contribution is -0.116. The maximum atomic E-state index is 12.0. The Morgan fingerprint density at radius 2 is 2.05 bits per heavy atom. The Labute approximate surface area is 126 Å². The first-order chi connectivity index (χ1) is 9.38. The Morgan fingerprint density at radius 3 is 2.60 bits per heavy atom. The fourth-order valence-electron chi connectivity index (χ4n) is 1.78. The molecule has 0 spiro atoms. The number of nitrogens with two attached hydrogens (primary N) is 1. The summed E-state index contributed by atoms with van der Waals surface area (Å²) in [5, 5.41) is 7.77. The Morgan fingerprint density at radius 1 is 1.35 bits per heavy atom. The molecule has 0 aliphatic rings. The van der Waals surface area contributed by atoms with Crippen LogP contribution in [0.3, 0.4) is 0 Å². The summed E-state index contributed by atoms with van der Waals surface area (Å²) >= 11 is 11.7. The van der Waals surface area contributed by atoms with Crippen LogP contribution in [-0.2, 0) is 11.3 Å². The average molecular weight is 313 g/mol. The standard InChI is InChI=1S/C13H14Cl2N4O/c1-7-13(16)8(2)19(18-7)6-12(20)17-9-3-4-10(14)11(15)5-9/h3-5H,6,16H2,1-2H3,(H,17,20). The van der Waals surface area contributed by atoms with Crippen LogP contribution in [0.1, 0.15) is 11.4 Å². The monoisotopic (exact) mass is 312 g/mol. The van der Waals surface area contributed by atoms with E-state index in [1.807, 2.05) is 6.92 Å². The highest BCUT2D eigenvalue weighted by Gasteiger charge is 2.12. The number of hydrogen-bond donors (Lipinski definition) is 2. The molecule has 0 fully saturated rings. The van der Waals surface area contributed by atoms with Crippen LogP contribution in [0.15, 0.2) is 18.2 Å². The molecule has 0 radical (unpaired) electrons. The van der Waals surface area contributed by atoms with Crippen LogP contribution in [0, 0.1) is 13.8 Å². The van der Waals surface area contributed by atoms with Gasteiger partial charge in [-0.25, -0.2) is 0 Å². The normalized spacial score (nSPS) is 10.6. The number of nitrogen functional groups attached to an aromatic ring is 1. The van der Waals surface area contributed by atoms with Gasteiger partial charge in [0.05, 0.1) is 27.1 Å². The third kappa shape index (κ3) is 3.05. The van der Waals surface area contributed by atoms with Crippen LogP contribution < -0.4 is 11.1 Å². The highest BCUT2D eigenvalue weighted by atomic mass is 35.5. The number of carbonyl (C=O) groups is 1. The maximum Gasteiger partial charge on any atom is 0.246 e. The van der Waals surface area contributed by atoms with E-state index < -0.39 is 0 Å². The second-order valence-electron chi connectivity index (χ2n) is 4.42. The minimum atomic E-state index is -0.214. The van der Waals surface area contributed by atoms with Gasteiger partial charge in [-0.05, 0) is 32.0 Å². The van der Waals surface area contributed by atoms with E-state index in [-0.39, 0.29) is 12.5 Å². The van der Waals surface area contributed by atoms with Crippen LogP contribution in [0.4, 0.5) is 11.4 Å². The number of aromatic nitrogens is 2. The number of carbonyl (C=O) groups excluding carboxylic acids is 1. The summed E-state index contributed by atoms with van der Waals surface area (Å²) in [5.41, 5.74) is 8.49. The molecule has 1 amide bonds. The Balaban J connectivity index is 2.09. The van der Waals surface area contributed by atoms with Gasteiger partial charge in [-0.1, -0.05) is 23.2 Å². The van der Waals surface area contributed by atoms with Crippen molar-refractivity contribution in [2.45, 2.75) is 20.4 Å². The number of aryl methyl sites for hydroxylation is 1. The molecular formula is C13H14Cl2N4O. The molecule has 1 heterocycles. The molecule has 3 N–H and O–H groups in total. The molecule has 0 bridgehead atoms. The number of nitrogens with zero attached hydrogens (tertiary/aromatic N) is 2. The summed E-state index contributed by atoms with van der Waals surface area (Å²) in [4.78, 5) is 12.0. The largest absolute Gasteiger partial charge is 0.396 e. The first kappa shape index (κ1) is 14.7. The predicted octanol–water partition coefficient (Wildman–Crippen LogP) is 3.03. The minimum absolute atomic E-state index is 0.0874. The molecule has 2 aromatic rings. The van der Waals surface area contributed by atoms with Crippen molar-refractivity contribution in [3.05, 3.63) is 39.6 Å². The van der Waals surface area contributed by atoms with Gasteiger partial charge in [0, 0.05) is 5.69 Å². The molecular weight excluding hydrogens is 299 g/mol. The van der Waals surface area contributed by atoms with E-state index in [0.717, 1.165) is 5.69 Å². The molecule has 7 heteroatoms. The lowest BCUT2D eigenvalue weighted by Gasteiger charge is -2.07. The van der Waals surface area contributed by atoms with E-state index in [1.54, 1.807) is 29.8 Å². The van der Waals surface area contributed by atoms with Crippen molar-refractivity contribution in [2.24, 2.45) is 0 Å². The maximum absolute atomic E-state index is 12.0. The first-order valence-corrected chi connectivity index (χ1v) is 6.68. The zero-order valence-electron chi connectivity index (χ0n) is 11.1. The quantitative estimate of drug-likeness (QED) is 0.915. The molecule has 1 aromatic carbocycles. The number of hydrogen-bond acceptors (Lipinski definition) is 3. The van der Waals surface area contributed by atoms with Crippen molar-refractivity contribution in [1.29, 1.82) is 0 Å². The number of nitrogens with one attached hydrogen (secondary N) is 1. The second-order valence-corrected chi connectivity index (χ2v) is 5.23. The second kappa shape index (κ2) is 5.73. The molecule has 0 aliphatic carbocycles. The summed E-state index contributed by atoms with van der Waals surface area (Å²) in [7, 11) is 0. The lowest BCUT2D eigenvalue weighted by Crippen LogP contribution is -2.20. The summed E-state index contributed by atoms with van der Waals surface area (Å²) < 4.78 is 1.57. The zero-order valence-corrected chi connectivity index (χ0v) is 12.6. The van der Waals surface area contributed by atoms with Crippen LogP contribution in [0.5, 0.6) is 0 Å². The van der Waals surface area contributed by atoms with E-state index in [0.29, 0.717) is 27.1 Å². The van der Waals surface area contributed by atoms with Gasteiger partial charge in [0.15, 0.2) is 0 Å². The number of halogens is 2. The summed E-state index contributed by atoms with van der Waals surface area (Å²) in [6.07, 6.45) is 0. The van der Waals surface area contributed by atoms with Gasteiger partial charge in [-0.3, -0.25) is 9.48 Å². The molecule has 2 rings (SSSR count). The van der Waals surface area contributed by atoms with Gasteiger partial charge < -0.3 is 11.1 Å². The molecule has 106 valence electrons. The molecule has 0 unspecified atom stereocenters. The summed E-state index contributed by atoms with van der Waals surface area (Å²) in [6, 6.07) is 4.90. The van der Waals surface area contributed by atoms with Crippen molar-refractivity contribution in [2.75, 3.05) is 11.1 Å². The Hall–Kier alpha value is -1.72. The Bertz CT molecular complexity index is 667. The summed E-state index contributed by atoms with van der Waals surface area (Å²) in [5.74, 6) is -0.214. The van der Waals surface area contributed by atoms with Gasteiger partial charge in [-0.15, -0.1) is 0 Å².